The second-order valence-electron chi connectivity index (χ2n) is 11.2. The van der Waals surface area contributed by atoms with Gasteiger partial charge < -0.3 is 36.4 Å². The molecule has 7 N–H and O–H groups in total. The number of pyridine rings is 1. The van der Waals surface area contributed by atoms with Gasteiger partial charge in [0.25, 0.3) is 5.91 Å². The summed E-state index contributed by atoms with van der Waals surface area (Å²) in [6.45, 7) is 0.321. The summed E-state index contributed by atoms with van der Waals surface area (Å²) in [6, 6.07) is 4.27. The van der Waals surface area contributed by atoms with Crippen LogP contribution < -0.4 is 16.0 Å². The number of amides is 1. The zero-order valence-electron chi connectivity index (χ0n) is 23.2. The number of anilines is 2. The number of aromatic hydroxyl groups is 1. The highest BCUT2D eigenvalue weighted by molar-refractivity contribution is 6.24. The van der Waals surface area contributed by atoms with Crippen molar-refractivity contribution in [3.8, 4) is 5.75 Å². The smallest absolute Gasteiger partial charge is 0.255 e. The fourth-order valence-electron chi connectivity index (χ4n) is 6.53. The molecule has 1 aromatic heterocycles. The number of hydrogen-bond donors (Lipinski definition) is 6. The number of aliphatic hydroxyl groups excluding tert-OH is 2. The standard InChI is InChI=1S/C29H33N5O7/c1-33(2)18-10-17(32-12-13-6-5-7-31-11-13)23(35)20-15(18)8-14-9-16-22(34(3)4)25(37)21(28(30)40)27(39)29(16,41)26(38)19(14)24(20)36/h5-7,10-11,14,16,22,32,35-36,39,41H,8-9,12H2,1-4H3,(H2,30,40)/t14-,16-,22?,29-/m1/s1. The lowest BCUT2D eigenvalue weighted by molar-refractivity contribution is -0.153. The van der Waals surface area contributed by atoms with Crippen LogP contribution >= 0.6 is 0 Å². The van der Waals surface area contributed by atoms with E-state index >= 15 is 0 Å². The number of carbonyl (C=O) groups is 3. The molecule has 4 atom stereocenters. The van der Waals surface area contributed by atoms with Crippen molar-refractivity contribution in [1.82, 2.24) is 9.88 Å². The number of carbonyl (C=O) groups excluding carboxylic acids is 3. The Balaban J connectivity index is 1.68. The number of nitrogens with zero attached hydrogens (tertiary/aromatic N) is 3. The van der Waals surface area contributed by atoms with Gasteiger partial charge in [-0.3, -0.25) is 24.3 Å². The summed E-state index contributed by atoms with van der Waals surface area (Å²) < 4.78 is 0. The third-order valence-electron chi connectivity index (χ3n) is 8.38. The summed E-state index contributed by atoms with van der Waals surface area (Å²) in [7, 11) is 6.76. The molecule has 0 spiro atoms. The molecule has 41 heavy (non-hydrogen) atoms. The number of Topliss-reactive ketones (excluding diaryl/α,β-unsaturated/α-hetero) is 2. The molecule has 1 heterocycles. The third-order valence-corrected chi connectivity index (χ3v) is 8.38. The summed E-state index contributed by atoms with van der Waals surface area (Å²) in [5, 5.41) is 48.9. The molecule has 3 aliphatic carbocycles. The van der Waals surface area contributed by atoms with E-state index in [1.807, 2.05) is 25.1 Å². The molecule has 0 saturated heterocycles. The molecule has 216 valence electrons. The van der Waals surface area contributed by atoms with Crippen molar-refractivity contribution < 1.29 is 34.8 Å². The number of phenolic OH excluding ortho intramolecular Hbond substituents is 1. The number of rotatable bonds is 6. The van der Waals surface area contributed by atoms with E-state index in [0.717, 1.165) is 5.56 Å². The van der Waals surface area contributed by atoms with Gasteiger partial charge in [0, 0.05) is 50.2 Å². The lowest BCUT2D eigenvalue weighted by Crippen LogP contribution is -2.65. The van der Waals surface area contributed by atoms with Crippen LogP contribution in [0.15, 0.2) is 47.5 Å². The number of likely N-dealkylation sites (N-methyl/N-ethyl adjacent to an activating group) is 1. The van der Waals surface area contributed by atoms with Crippen LogP contribution in [-0.2, 0) is 27.3 Å². The van der Waals surface area contributed by atoms with E-state index in [1.165, 1.54) is 4.90 Å². The Labute approximate surface area is 236 Å². The second-order valence-corrected chi connectivity index (χ2v) is 11.2. The highest BCUT2D eigenvalue weighted by Crippen LogP contribution is 2.54. The average Bonchev–Trinajstić information content (AvgIpc) is 2.90. The molecule has 1 amide bonds. The molecule has 1 aromatic carbocycles. The molecular formula is C29H33N5O7. The molecule has 5 rings (SSSR count). The van der Waals surface area contributed by atoms with E-state index in [2.05, 4.69) is 10.3 Å². The molecule has 2 aromatic rings. The van der Waals surface area contributed by atoms with Gasteiger partial charge in [-0.2, -0.15) is 0 Å². The lowest BCUT2D eigenvalue weighted by Gasteiger charge is -2.50. The van der Waals surface area contributed by atoms with Crippen LogP contribution in [0.25, 0.3) is 5.76 Å². The number of fused-ring (bicyclic) bond motifs is 3. The van der Waals surface area contributed by atoms with Crippen molar-refractivity contribution in [2.45, 2.75) is 31.0 Å². The first-order valence-corrected chi connectivity index (χ1v) is 13.1. The molecule has 0 bridgehead atoms. The average molecular weight is 564 g/mol. The molecule has 1 unspecified atom stereocenters. The minimum Gasteiger partial charge on any atom is -0.508 e. The maximum absolute atomic E-state index is 14.1. The van der Waals surface area contributed by atoms with Crippen LogP contribution in [0.4, 0.5) is 11.4 Å². The summed E-state index contributed by atoms with van der Waals surface area (Å²) in [5.74, 6) is -6.81. The summed E-state index contributed by atoms with van der Waals surface area (Å²) in [5.41, 5.74) is 4.13. The Kier molecular flexibility index (Phi) is 6.79. The van der Waals surface area contributed by atoms with Crippen LogP contribution in [0, 0.1) is 11.8 Å². The molecule has 3 aliphatic rings. The van der Waals surface area contributed by atoms with E-state index in [9.17, 15) is 34.8 Å². The maximum atomic E-state index is 14.1. The number of aromatic nitrogens is 1. The van der Waals surface area contributed by atoms with Gasteiger partial charge in [0.05, 0.1) is 17.3 Å². The molecular weight excluding hydrogens is 530 g/mol. The Morgan fingerprint density at radius 1 is 1.20 bits per heavy atom. The topological polar surface area (TPSA) is 190 Å². The zero-order valence-corrected chi connectivity index (χ0v) is 23.2. The van der Waals surface area contributed by atoms with Crippen LogP contribution in [0.5, 0.6) is 5.75 Å². The van der Waals surface area contributed by atoms with E-state index in [-0.39, 0.29) is 29.7 Å². The minimum absolute atomic E-state index is 0.0282. The number of aliphatic hydroxyl groups is 3. The van der Waals surface area contributed by atoms with Crippen LogP contribution in [0.1, 0.15) is 23.1 Å². The Morgan fingerprint density at radius 2 is 1.90 bits per heavy atom. The third kappa shape index (κ3) is 4.13. The van der Waals surface area contributed by atoms with E-state index in [0.29, 0.717) is 23.5 Å². The lowest BCUT2D eigenvalue weighted by atomic mass is 9.57. The SMILES string of the molecule is CN(C)c1cc(NCc2cccnc2)c(O)c2c1C[C@@H]1C[C@@H]3C(N(C)C)C(=O)C(C(N)=O)=C(O)[C@]3(O)C(=O)C1=C2O. The van der Waals surface area contributed by atoms with Crippen molar-refractivity contribution >= 4 is 34.6 Å². The van der Waals surface area contributed by atoms with Gasteiger partial charge in [-0.15, -0.1) is 0 Å². The van der Waals surface area contributed by atoms with Gasteiger partial charge in [0.2, 0.25) is 5.78 Å². The van der Waals surface area contributed by atoms with Crippen molar-refractivity contribution in [3.63, 3.8) is 0 Å². The van der Waals surface area contributed by atoms with Crippen LogP contribution in [0.3, 0.4) is 0 Å². The predicted octanol–water partition coefficient (Wildman–Crippen LogP) is 1.04. The summed E-state index contributed by atoms with van der Waals surface area (Å²) >= 11 is 0. The number of nitrogens with one attached hydrogen (secondary N) is 1. The minimum atomic E-state index is -2.68. The fraction of sp³-hybridized carbons (Fsp3) is 0.379. The molecule has 12 nitrogen and oxygen atoms in total. The summed E-state index contributed by atoms with van der Waals surface area (Å²) in [6.07, 6.45) is 3.55. The predicted molar refractivity (Wildman–Crippen MR) is 150 cm³/mol. The van der Waals surface area contributed by atoms with Gasteiger partial charge in [-0.05, 0) is 56.1 Å². The summed E-state index contributed by atoms with van der Waals surface area (Å²) in [4.78, 5) is 46.8. The van der Waals surface area contributed by atoms with Crippen LogP contribution in [-0.4, -0.2) is 87.6 Å². The van der Waals surface area contributed by atoms with Crippen molar-refractivity contribution in [3.05, 3.63) is 64.2 Å². The first kappa shape index (κ1) is 28.1. The van der Waals surface area contributed by atoms with Crippen LogP contribution in [0.2, 0.25) is 0 Å². The highest BCUT2D eigenvalue weighted by Gasteiger charge is 2.64. The molecule has 12 heteroatoms. The van der Waals surface area contributed by atoms with Gasteiger partial charge >= 0.3 is 0 Å². The molecule has 1 saturated carbocycles. The van der Waals surface area contributed by atoms with Gasteiger partial charge in [0.1, 0.15) is 22.8 Å². The van der Waals surface area contributed by atoms with E-state index in [4.69, 9.17) is 5.73 Å². The van der Waals surface area contributed by atoms with Gasteiger partial charge in [0.15, 0.2) is 11.4 Å². The zero-order chi connectivity index (χ0) is 30.0. The van der Waals surface area contributed by atoms with Crippen molar-refractivity contribution in [2.75, 3.05) is 38.4 Å². The van der Waals surface area contributed by atoms with Crippen molar-refractivity contribution in [1.29, 1.82) is 0 Å². The largest absolute Gasteiger partial charge is 0.508 e. The number of nitrogens with two attached hydrogens (primary N) is 1. The number of benzene rings is 1. The number of primary amides is 1. The Morgan fingerprint density at radius 3 is 2.49 bits per heavy atom. The molecule has 0 radical (unpaired) electrons. The monoisotopic (exact) mass is 563 g/mol. The van der Waals surface area contributed by atoms with E-state index in [1.54, 1.807) is 38.6 Å². The van der Waals surface area contributed by atoms with E-state index < -0.39 is 58.0 Å². The normalized spacial score (nSPS) is 25.6. The van der Waals surface area contributed by atoms with Crippen molar-refractivity contribution in [2.24, 2.45) is 17.6 Å². The highest BCUT2D eigenvalue weighted by atomic mass is 16.3. The number of ketones is 2. The second kappa shape index (κ2) is 9.89. The fourth-order valence-corrected chi connectivity index (χ4v) is 6.53. The quantitative estimate of drug-likeness (QED) is 0.217. The maximum Gasteiger partial charge on any atom is 0.255 e. The molecule has 0 aliphatic heterocycles. The molecule has 1 fully saturated rings. The van der Waals surface area contributed by atoms with Gasteiger partial charge in [-0.25, -0.2) is 0 Å². The first-order chi connectivity index (χ1) is 19.3. The Hall–Kier alpha value is -4.42. The number of hydrogen-bond acceptors (Lipinski definition) is 11. The van der Waals surface area contributed by atoms with Gasteiger partial charge in [-0.1, -0.05) is 6.07 Å². The first-order valence-electron chi connectivity index (χ1n) is 13.1. The Bertz CT molecular complexity index is 1530. The number of phenols is 1.